The van der Waals surface area contributed by atoms with Gasteiger partial charge in [-0.1, -0.05) is 23.7 Å². The van der Waals surface area contributed by atoms with Gasteiger partial charge in [-0.2, -0.15) is 5.21 Å². The molecule has 6 rings (SSSR count). The molecule has 0 amide bonds. The zero-order valence-corrected chi connectivity index (χ0v) is 19.4. The number of nitrogens with one attached hydrogen (secondary N) is 1. The van der Waals surface area contributed by atoms with Crippen LogP contribution in [0.5, 0.6) is 5.75 Å². The Balaban J connectivity index is 1.38. The second kappa shape index (κ2) is 8.94. The van der Waals surface area contributed by atoms with Gasteiger partial charge in [-0.15, -0.1) is 10.2 Å². The molecular weight excluding hydrogens is 493 g/mol. The van der Waals surface area contributed by atoms with Crippen LogP contribution in [0.25, 0.3) is 33.8 Å². The van der Waals surface area contributed by atoms with Crippen LogP contribution in [0.15, 0.2) is 54.6 Å². The van der Waals surface area contributed by atoms with Crippen LogP contribution >= 0.6 is 11.6 Å². The first-order chi connectivity index (χ1) is 17.5. The zero-order chi connectivity index (χ0) is 24.8. The molecule has 0 bridgehead atoms. The fourth-order valence-corrected chi connectivity index (χ4v) is 4.39. The summed E-state index contributed by atoms with van der Waals surface area (Å²) in [6.45, 7) is 0.0267. The lowest BCUT2D eigenvalue weighted by Gasteiger charge is -2.13. The van der Waals surface area contributed by atoms with E-state index in [0.717, 1.165) is 25.0 Å². The van der Waals surface area contributed by atoms with Crippen LogP contribution in [-0.4, -0.2) is 35.7 Å². The number of imidazole rings is 1. The van der Waals surface area contributed by atoms with Crippen molar-refractivity contribution in [1.29, 1.82) is 0 Å². The van der Waals surface area contributed by atoms with Crippen molar-refractivity contribution in [3.8, 4) is 28.5 Å². The molecule has 1 aliphatic rings. The Hall–Kier alpha value is -3.92. The van der Waals surface area contributed by atoms with E-state index in [-0.39, 0.29) is 23.4 Å². The number of aromatic nitrogens is 6. The maximum atomic E-state index is 15.1. The maximum absolute atomic E-state index is 15.1. The topological polar surface area (TPSA) is 81.5 Å². The van der Waals surface area contributed by atoms with Crippen molar-refractivity contribution in [3.05, 3.63) is 77.6 Å². The summed E-state index contributed by atoms with van der Waals surface area (Å²) in [5.41, 5.74) is 1.64. The summed E-state index contributed by atoms with van der Waals surface area (Å²) in [6, 6.07) is 13.7. The number of hydrogen-bond acceptors (Lipinski definition) is 5. The molecule has 2 aromatic heterocycles. The number of ether oxygens (including phenoxy) is 1. The van der Waals surface area contributed by atoms with Crippen LogP contribution in [0.3, 0.4) is 0 Å². The zero-order valence-electron chi connectivity index (χ0n) is 18.6. The summed E-state index contributed by atoms with van der Waals surface area (Å²) in [7, 11) is 0. The first-order valence-corrected chi connectivity index (χ1v) is 11.7. The number of halogens is 4. The van der Waals surface area contributed by atoms with Crippen molar-refractivity contribution in [2.24, 2.45) is 5.92 Å². The average molecular weight is 511 g/mol. The Morgan fingerprint density at radius 2 is 1.72 bits per heavy atom. The maximum Gasteiger partial charge on any atom is 0.204 e. The standard InChI is InChI=1S/C25H18ClF3N6O/c26-23(13-1-2-13)36-17-7-5-14(6-8-17)25-30-21-10-19(28)20(29)11-22(21)35(25)12-16-4-3-15(9-18(16)27)24-31-33-34-32-24/h3-11,13,23H,1-2,12H2,(H,31,32,33,34). The minimum atomic E-state index is -1.01. The summed E-state index contributed by atoms with van der Waals surface area (Å²) >= 11 is 6.27. The monoisotopic (exact) mass is 510 g/mol. The summed E-state index contributed by atoms with van der Waals surface area (Å²) in [5.74, 6) is -0.881. The highest BCUT2D eigenvalue weighted by Crippen LogP contribution is 2.37. The van der Waals surface area contributed by atoms with Crippen molar-refractivity contribution in [3.63, 3.8) is 0 Å². The van der Waals surface area contributed by atoms with E-state index >= 15 is 4.39 Å². The molecule has 1 unspecified atom stereocenters. The minimum absolute atomic E-state index is 0.0267. The van der Waals surface area contributed by atoms with Crippen molar-refractivity contribution in [2.75, 3.05) is 0 Å². The van der Waals surface area contributed by atoms with Crippen molar-refractivity contribution < 1.29 is 17.9 Å². The molecule has 1 aliphatic carbocycles. The molecule has 7 nitrogen and oxygen atoms in total. The van der Waals surface area contributed by atoms with Gasteiger partial charge in [-0.05, 0) is 48.4 Å². The van der Waals surface area contributed by atoms with Crippen LogP contribution in [0.2, 0.25) is 0 Å². The van der Waals surface area contributed by atoms with Crippen molar-refractivity contribution >= 4 is 22.6 Å². The number of alkyl halides is 1. The van der Waals surface area contributed by atoms with Crippen LogP contribution in [0.4, 0.5) is 13.2 Å². The lowest BCUT2D eigenvalue weighted by molar-refractivity contribution is 0.258. The highest BCUT2D eigenvalue weighted by molar-refractivity contribution is 6.20. The number of aromatic amines is 1. The van der Waals surface area contributed by atoms with E-state index in [2.05, 4.69) is 25.6 Å². The van der Waals surface area contributed by atoms with Gasteiger partial charge in [0.05, 0.1) is 17.6 Å². The van der Waals surface area contributed by atoms with Gasteiger partial charge in [-0.25, -0.2) is 18.2 Å². The van der Waals surface area contributed by atoms with Crippen LogP contribution < -0.4 is 4.74 Å². The third kappa shape index (κ3) is 4.28. The minimum Gasteiger partial charge on any atom is -0.474 e. The second-order valence-corrected chi connectivity index (χ2v) is 9.08. The number of fused-ring (bicyclic) bond motifs is 1. The molecule has 1 fully saturated rings. The highest BCUT2D eigenvalue weighted by Gasteiger charge is 2.31. The quantitative estimate of drug-likeness (QED) is 0.284. The first kappa shape index (κ1) is 22.5. The smallest absolute Gasteiger partial charge is 0.204 e. The first-order valence-electron chi connectivity index (χ1n) is 11.2. The van der Waals surface area contributed by atoms with Crippen LogP contribution in [0.1, 0.15) is 18.4 Å². The molecule has 0 aliphatic heterocycles. The van der Waals surface area contributed by atoms with Gasteiger partial charge in [0.1, 0.15) is 17.4 Å². The Morgan fingerprint density at radius 3 is 2.42 bits per heavy atom. The fourth-order valence-electron chi connectivity index (χ4n) is 4.04. The number of rotatable bonds is 7. The van der Waals surface area contributed by atoms with Gasteiger partial charge in [0.2, 0.25) is 5.82 Å². The lowest BCUT2D eigenvalue weighted by Crippen LogP contribution is -2.10. The molecule has 1 saturated carbocycles. The predicted molar refractivity (Wildman–Crippen MR) is 127 cm³/mol. The molecule has 1 atom stereocenters. The van der Waals surface area contributed by atoms with Crippen molar-refractivity contribution in [1.82, 2.24) is 30.2 Å². The Morgan fingerprint density at radius 1 is 0.972 bits per heavy atom. The average Bonchev–Trinajstić information content (AvgIpc) is 3.48. The third-order valence-corrected chi connectivity index (χ3v) is 6.57. The predicted octanol–water partition coefficient (Wildman–Crippen LogP) is 5.70. The molecule has 11 heteroatoms. The summed E-state index contributed by atoms with van der Waals surface area (Å²) in [5, 5.41) is 13.5. The Labute approximate surface area is 207 Å². The van der Waals surface area contributed by atoms with E-state index in [0.29, 0.717) is 39.7 Å². The summed E-state index contributed by atoms with van der Waals surface area (Å²) in [4.78, 5) is 4.53. The summed E-state index contributed by atoms with van der Waals surface area (Å²) < 4.78 is 50.6. The SMILES string of the molecule is Fc1cc2nc(-c3ccc(OC(Cl)C4CC4)cc3)n(Cc3ccc(-c4nn[nH]n4)cc3F)c2cc1F. The number of benzene rings is 3. The van der Waals surface area contributed by atoms with Gasteiger partial charge in [0.25, 0.3) is 0 Å². The number of nitrogens with zero attached hydrogens (tertiary/aromatic N) is 5. The van der Waals surface area contributed by atoms with E-state index < -0.39 is 17.5 Å². The molecule has 2 heterocycles. The van der Waals surface area contributed by atoms with E-state index in [1.165, 1.54) is 6.07 Å². The van der Waals surface area contributed by atoms with Gasteiger partial charge < -0.3 is 9.30 Å². The Kier molecular flexibility index (Phi) is 5.60. The van der Waals surface area contributed by atoms with E-state index in [4.69, 9.17) is 16.3 Å². The highest BCUT2D eigenvalue weighted by atomic mass is 35.5. The van der Waals surface area contributed by atoms with Gasteiger partial charge in [0.15, 0.2) is 17.2 Å². The van der Waals surface area contributed by atoms with E-state index in [1.807, 2.05) is 0 Å². The molecule has 1 N–H and O–H groups in total. The summed E-state index contributed by atoms with van der Waals surface area (Å²) in [6.07, 6.45) is 2.10. The van der Waals surface area contributed by atoms with Gasteiger partial charge >= 0.3 is 0 Å². The van der Waals surface area contributed by atoms with Gasteiger partial charge in [-0.3, -0.25) is 0 Å². The van der Waals surface area contributed by atoms with Gasteiger partial charge in [0, 0.05) is 34.7 Å². The molecule has 182 valence electrons. The number of H-pyrrole nitrogens is 1. The van der Waals surface area contributed by atoms with Crippen molar-refractivity contribution in [2.45, 2.75) is 24.9 Å². The van der Waals surface area contributed by atoms with E-state index in [9.17, 15) is 8.78 Å². The molecule has 0 spiro atoms. The van der Waals surface area contributed by atoms with Crippen LogP contribution in [0, 0.1) is 23.4 Å². The number of hydrogen-bond donors (Lipinski definition) is 1. The molecule has 0 radical (unpaired) electrons. The lowest BCUT2D eigenvalue weighted by atomic mass is 10.1. The third-order valence-electron chi connectivity index (χ3n) is 6.13. The molecule has 0 saturated heterocycles. The van der Waals surface area contributed by atoms with E-state index in [1.54, 1.807) is 41.0 Å². The number of tetrazole rings is 1. The normalized spacial score (nSPS) is 14.3. The fraction of sp³-hybridized carbons (Fsp3) is 0.200. The molecule has 5 aromatic rings. The molecular formula is C25H18ClF3N6O. The second-order valence-electron chi connectivity index (χ2n) is 8.65. The molecule has 36 heavy (non-hydrogen) atoms. The molecule has 3 aromatic carbocycles. The van der Waals surface area contributed by atoms with Crippen LogP contribution in [-0.2, 0) is 6.54 Å². The Bertz CT molecular complexity index is 1550. The largest absolute Gasteiger partial charge is 0.474 e.